The van der Waals surface area contributed by atoms with Gasteiger partial charge in [-0.25, -0.2) is 17.8 Å². The Morgan fingerprint density at radius 3 is 2.59 bits per heavy atom. The van der Waals surface area contributed by atoms with Crippen LogP contribution in [0, 0.1) is 5.82 Å². The summed E-state index contributed by atoms with van der Waals surface area (Å²) in [7, 11) is -2.12. The van der Waals surface area contributed by atoms with Crippen molar-refractivity contribution in [1.29, 1.82) is 0 Å². The van der Waals surface area contributed by atoms with E-state index >= 15 is 0 Å². The SMILES string of the molecule is COc1ccc([C@H](C)Nc2ccc(S(=O)(=O)N3CCOCC3)c[nH+]2)cc1F. The highest BCUT2D eigenvalue weighted by Gasteiger charge is 2.27. The number of morpholine rings is 1. The number of aromatic amines is 1. The molecular weight excluding hydrogens is 373 g/mol. The minimum absolute atomic E-state index is 0.190. The summed E-state index contributed by atoms with van der Waals surface area (Å²) in [6.07, 6.45) is 1.45. The van der Waals surface area contributed by atoms with Crippen LogP contribution in [0.2, 0.25) is 0 Å². The molecule has 0 spiro atoms. The molecule has 0 amide bonds. The van der Waals surface area contributed by atoms with Crippen molar-refractivity contribution in [2.75, 3.05) is 38.7 Å². The quantitative estimate of drug-likeness (QED) is 0.806. The van der Waals surface area contributed by atoms with Crippen LogP contribution in [0.15, 0.2) is 41.4 Å². The number of nitrogens with one attached hydrogen (secondary N) is 2. The number of sulfonamides is 1. The van der Waals surface area contributed by atoms with Gasteiger partial charge in [0.2, 0.25) is 10.0 Å². The van der Waals surface area contributed by atoms with Gasteiger partial charge in [-0.15, -0.1) is 0 Å². The molecule has 0 radical (unpaired) electrons. The third-order valence-electron chi connectivity index (χ3n) is 4.44. The molecule has 1 aliphatic heterocycles. The Morgan fingerprint density at radius 1 is 1.26 bits per heavy atom. The summed E-state index contributed by atoms with van der Waals surface area (Å²) in [4.78, 5) is 3.15. The number of benzene rings is 1. The molecule has 1 fully saturated rings. The molecule has 0 bridgehead atoms. The second-order valence-electron chi connectivity index (χ2n) is 6.21. The van der Waals surface area contributed by atoms with Gasteiger partial charge in [0.15, 0.2) is 11.6 Å². The van der Waals surface area contributed by atoms with Gasteiger partial charge in [0, 0.05) is 19.2 Å². The maximum atomic E-state index is 13.9. The van der Waals surface area contributed by atoms with Crippen molar-refractivity contribution in [3.05, 3.63) is 47.9 Å². The van der Waals surface area contributed by atoms with E-state index in [1.807, 2.05) is 6.92 Å². The summed E-state index contributed by atoms with van der Waals surface area (Å²) in [6, 6.07) is 7.77. The first-order valence-electron chi connectivity index (χ1n) is 8.61. The van der Waals surface area contributed by atoms with Gasteiger partial charge in [-0.3, -0.25) is 5.32 Å². The third-order valence-corrected chi connectivity index (χ3v) is 6.33. The molecule has 2 heterocycles. The Labute approximate surface area is 158 Å². The summed E-state index contributed by atoms with van der Waals surface area (Å²) in [5.41, 5.74) is 0.742. The zero-order valence-electron chi connectivity index (χ0n) is 15.2. The lowest BCUT2D eigenvalue weighted by atomic mass is 10.1. The Morgan fingerprint density at radius 2 is 2.00 bits per heavy atom. The number of nitrogens with zero attached hydrogens (tertiary/aromatic N) is 1. The molecule has 1 aliphatic rings. The van der Waals surface area contributed by atoms with Crippen LogP contribution < -0.4 is 15.0 Å². The van der Waals surface area contributed by atoms with Crippen LogP contribution in [0.5, 0.6) is 5.75 Å². The molecule has 1 aromatic carbocycles. The number of hydrogen-bond donors (Lipinski definition) is 1. The summed E-state index contributed by atoms with van der Waals surface area (Å²) >= 11 is 0. The van der Waals surface area contributed by atoms with Crippen LogP contribution in [0.3, 0.4) is 0 Å². The summed E-state index contributed by atoms with van der Waals surface area (Å²) < 4.78 is 50.6. The third kappa shape index (κ3) is 4.37. The van der Waals surface area contributed by atoms with Crippen molar-refractivity contribution in [2.45, 2.75) is 17.9 Å². The van der Waals surface area contributed by atoms with Crippen molar-refractivity contribution in [1.82, 2.24) is 4.31 Å². The number of hydrogen-bond acceptors (Lipinski definition) is 5. The highest BCUT2D eigenvalue weighted by Crippen LogP contribution is 2.24. The molecule has 27 heavy (non-hydrogen) atoms. The van der Waals surface area contributed by atoms with E-state index in [0.717, 1.165) is 5.56 Å². The smallest absolute Gasteiger partial charge is 0.272 e. The summed E-state index contributed by atoms with van der Waals surface area (Å²) in [6.45, 7) is 3.38. The standard InChI is InChI=1S/C18H22FN3O4S/c1-13(14-3-5-17(25-2)16(19)11-14)21-18-6-4-15(12-20-18)27(23,24)22-7-9-26-10-8-22/h3-6,11-13H,7-10H2,1-2H3,(H,20,21)/p+1/t13-/m0/s1. The van der Waals surface area contributed by atoms with Crippen LogP contribution in [0.4, 0.5) is 10.2 Å². The number of anilines is 1. The number of aromatic nitrogens is 1. The van der Waals surface area contributed by atoms with Crippen molar-refractivity contribution >= 4 is 15.8 Å². The summed E-state index contributed by atoms with van der Waals surface area (Å²) in [5.74, 6) is 0.384. The van der Waals surface area contributed by atoms with Crippen LogP contribution in [-0.2, 0) is 14.8 Å². The second-order valence-corrected chi connectivity index (χ2v) is 8.15. The van der Waals surface area contributed by atoms with E-state index in [1.165, 1.54) is 23.7 Å². The van der Waals surface area contributed by atoms with Gasteiger partial charge < -0.3 is 9.47 Å². The maximum absolute atomic E-state index is 13.9. The number of methoxy groups -OCH3 is 1. The molecule has 2 aromatic rings. The summed E-state index contributed by atoms with van der Waals surface area (Å²) in [5, 5.41) is 3.19. The molecule has 0 saturated carbocycles. The molecule has 9 heteroatoms. The van der Waals surface area contributed by atoms with Crippen LogP contribution in [0.1, 0.15) is 18.5 Å². The number of halogens is 1. The first-order valence-corrected chi connectivity index (χ1v) is 10.1. The minimum Gasteiger partial charge on any atom is -0.494 e. The van der Waals surface area contributed by atoms with Crippen LogP contribution in [-0.4, -0.2) is 46.1 Å². The van der Waals surface area contributed by atoms with Crippen molar-refractivity contribution in [3.63, 3.8) is 0 Å². The second kappa shape index (κ2) is 8.20. The van der Waals surface area contributed by atoms with E-state index < -0.39 is 15.8 Å². The van der Waals surface area contributed by atoms with Crippen LogP contribution in [0.25, 0.3) is 0 Å². The zero-order valence-corrected chi connectivity index (χ0v) is 16.1. The number of ether oxygens (including phenoxy) is 2. The van der Waals surface area contributed by atoms with E-state index in [4.69, 9.17) is 9.47 Å². The predicted molar refractivity (Wildman–Crippen MR) is 97.6 cm³/mol. The molecular formula is C18H23FN3O4S+. The molecule has 146 valence electrons. The van der Waals surface area contributed by atoms with Crippen LogP contribution >= 0.6 is 0 Å². The fourth-order valence-electron chi connectivity index (χ4n) is 2.87. The first-order chi connectivity index (χ1) is 12.9. The Bertz CT molecular complexity index is 884. The van der Waals surface area contributed by atoms with Crippen molar-refractivity contribution in [3.8, 4) is 5.75 Å². The zero-order chi connectivity index (χ0) is 19.4. The average Bonchev–Trinajstić information content (AvgIpc) is 2.69. The molecule has 7 nitrogen and oxygen atoms in total. The fraction of sp³-hybridized carbons (Fsp3) is 0.389. The largest absolute Gasteiger partial charge is 0.494 e. The highest BCUT2D eigenvalue weighted by atomic mass is 32.2. The molecule has 2 N–H and O–H groups in total. The monoisotopic (exact) mass is 396 g/mol. The molecule has 1 atom stereocenters. The van der Waals surface area contributed by atoms with Crippen molar-refractivity contribution < 1.29 is 27.3 Å². The number of H-pyrrole nitrogens is 1. The Balaban J connectivity index is 1.71. The predicted octanol–water partition coefficient (Wildman–Crippen LogP) is 1.84. The molecule has 3 rings (SSSR count). The van der Waals surface area contributed by atoms with E-state index in [9.17, 15) is 12.8 Å². The first kappa shape index (κ1) is 19.5. The molecule has 1 aromatic heterocycles. The van der Waals surface area contributed by atoms with Gasteiger partial charge in [-0.1, -0.05) is 6.07 Å². The van der Waals surface area contributed by atoms with E-state index in [0.29, 0.717) is 32.1 Å². The van der Waals surface area contributed by atoms with Gasteiger partial charge in [-0.05, 0) is 30.7 Å². The van der Waals surface area contributed by atoms with E-state index in [1.54, 1.807) is 24.3 Å². The van der Waals surface area contributed by atoms with E-state index in [2.05, 4.69) is 10.3 Å². The fourth-order valence-corrected chi connectivity index (χ4v) is 4.24. The van der Waals surface area contributed by atoms with Gasteiger partial charge >= 0.3 is 0 Å². The topological polar surface area (TPSA) is 82.0 Å². The highest BCUT2D eigenvalue weighted by molar-refractivity contribution is 7.89. The van der Waals surface area contributed by atoms with Gasteiger partial charge in [0.1, 0.15) is 17.1 Å². The lowest BCUT2D eigenvalue weighted by Gasteiger charge is -2.25. The molecule has 1 saturated heterocycles. The Kier molecular flexibility index (Phi) is 5.93. The molecule has 0 unspecified atom stereocenters. The Hall–Kier alpha value is -2.23. The van der Waals surface area contributed by atoms with Gasteiger partial charge in [-0.2, -0.15) is 4.31 Å². The lowest BCUT2D eigenvalue weighted by molar-refractivity contribution is -0.364. The van der Waals surface area contributed by atoms with E-state index in [-0.39, 0.29) is 16.7 Å². The van der Waals surface area contributed by atoms with Crippen molar-refractivity contribution in [2.24, 2.45) is 0 Å². The van der Waals surface area contributed by atoms with Gasteiger partial charge in [0.25, 0.3) is 5.82 Å². The normalized spacial score (nSPS) is 16.7. The number of pyridine rings is 1. The molecule has 0 aliphatic carbocycles. The lowest BCUT2D eigenvalue weighted by Crippen LogP contribution is -2.40. The van der Waals surface area contributed by atoms with Gasteiger partial charge in [0.05, 0.1) is 20.3 Å². The number of rotatable bonds is 6. The maximum Gasteiger partial charge on any atom is 0.272 e. The minimum atomic E-state index is -3.54. The average molecular weight is 396 g/mol.